The van der Waals surface area contributed by atoms with Gasteiger partial charge in [0.15, 0.2) is 0 Å². The molecule has 0 aliphatic rings. The zero-order valence-corrected chi connectivity index (χ0v) is 30.3. The fourth-order valence-corrected chi connectivity index (χ4v) is 6.22. The first kappa shape index (κ1) is 44.1. The number of carbonyl (C=O) groups is 1. The maximum atomic E-state index is 12.4. The van der Waals surface area contributed by atoms with Gasteiger partial charge in [0.25, 0.3) is 0 Å². The first-order chi connectivity index (χ1) is 22.0. The van der Waals surface area contributed by atoms with Crippen LogP contribution >= 0.6 is 0 Å². The molecule has 0 fully saturated rings. The summed E-state index contributed by atoms with van der Waals surface area (Å²) in [6, 6.07) is -0.656. The van der Waals surface area contributed by atoms with E-state index in [9.17, 15) is 20.1 Å². The number of carbonyl (C=O) groups excluding carboxylic acids is 1. The summed E-state index contributed by atoms with van der Waals surface area (Å²) in [6.45, 7) is 4.25. The lowest BCUT2D eigenvalue weighted by Crippen LogP contribution is -2.46. The van der Waals surface area contributed by atoms with E-state index in [1.807, 2.05) is 0 Å². The summed E-state index contributed by atoms with van der Waals surface area (Å²) in [5.41, 5.74) is 0. The summed E-state index contributed by atoms with van der Waals surface area (Å²) in [5, 5.41) is 33.3. The Balaban J connectivity index is 3.65. The van der Waals surface area contributed by atoms with E-state index in [1.54, 1.807) is 0 Å². The lowest BCUT2D eigenvalue weighted by atomic mass is 10.0. The number of amides is 1. The van der Waals surface area contributed by atoms with Gasteiger partial charge in [-0.3, -0.25) is 4.79 Å². The molecular weight excluding hydrogens is 558 g/mol. The number of hydrogen-bond donors (Lipinski definition) is 4. The standard InChI is InChI=1S/C40H79NO4/c1-3-5-7-9-11-13-15-17-18-19-20-22-23-25-27-29-31-33-37(43)35-40(45)41-38(36-42)39(44)34-32-30-28-26-24-21-16-14-12-10-8-6-4-2/h19-20,37-39,42-44H,3-18,21-36H2,1-2H3,(H,41,45)/b20-19-. The maximum absolute atomic E-state index is 12.4. The molecule has 0 aromatic rings. The molecule has 45 heavy (non-hydrogen) atoms. The third kappa shape index (κ3) is 32.8. The van der Waals surface area contributed by atoms with Crippen molar-refractivity contribution in [3.63, 3.8) is 0 Å². The summed E-state index contributed by atoms with van der Waals surface area (Å²) in [6.07, 6.45) is 40.2. The van der Waals surface area contributed by atoms with Gasteiger partial charge >= 0.3 is 0 Å². The predicted octanol–water partition coefficient (Wildman–Crippen LogP) is 10.9. The average molecular weight is 638 g/mol. The van der Waals surface area contributed by atoms with Gasteiger partial charge in [-0.25, -0.2) is 0 Å². The minimum absolute atomic E-state index is 0.0333. The lowest BCUT2D eigenvalue weighted by molar-refractivity contribution is -0.125. The highest BCUT2D eigenvalue weighted by atomic mass is 16.3. The Morgan fingerprint density at radius 3 is 1.29 bits per heavy atom. The van der Waals surface area contributed by atoms with Crippen LogP contribution in [-0.2, 0) is 4.79 Å². The van der Waals surface area contributed by atoms with Gasteiger partial charge in [-0.1, -0.05) is 180 Å². The molecule has 0 radical (unpaired) electrons. The van der Waals surface area contributed by atoms with Crippen molar-refractivity contribution in [1.29, 1.82) is 0 Å². The molecule has 0 aliphatic heterocycles. The Morgan fingerprint density at radius 1 is 0.533 bits per heavy atom. The van der Waals surface area contributed by atoms with E-state index < -0.39 is 18.2 Å². The predicted molar refractivity (Wildman–Crippen MR) is 195 cm³/mol. The maximum Gasteiger partial charge on any atom is 0.222 e. The van der Waals surface area contributed by atoms with Gasteiger partial charge in [0.1, 0.15) is 0 Å². The number of allylic oxidation sites excluding steroid dienone is 2. The summed E-state index contributed by atoms with van der Waals surface area (Å²) in [7, 11) is 0. The lowest BCUT2D eigenvalue weighted by Gasteiger charge is -2.23. The Labute approximate surface area is 280 Å². The molecule has 0 heterocycles. The third-order valence-electron chi connectivity index (χ3n) is 9.33. The van der Waals surface area contributed by atoms with E-state index in [4.69, 9.17) is 0 Å². The van der Waals surface area contributed by atoms with Crippen molar-refractivity contribution in [1.82, 2.24) is 5.32 Å². The molecule has 3 unspecified atom stereocenters. The first-order valence-corrected chi connectivity index (χ1v) is 20.0. The van der Waals surface area contributed by atoms with Crippen molar-refractivity contribution in [3.05, 3.63) is 12.2 Å². The van der Waals surface area contributed by atoms with Gasteiger partial charge < -0.3 is 20.6 Å². The fraction of sp³-hybridized carbons (Fsp3) is 0.925. The SMILES string of the molecule is CCCCCCCCCC/C=C\CCCCCCCC(O)CC(=O)NC(CO)C(O)CCCCCCCCCCCCCCC. The number of rotatable bonds is 36. The zero-order chi connectivity index (χ0) is 33.1. The second-order valence-electron chi connectivity index (χ2n) is 13.9. The number of aliphatic hydroxyl groups is 3. The van der Waals surface area contributed by atoms with Crippen molar-refractivity contribution >= 4 is 5.91 Å². The smallest absolute Gasteiger partial charge is 0.222 e. The molecule has 0 aliphatic carbocycles. The van der Waals surface area contributed by atoms with Crippen molar-refractivity contribution in [2.24, 2.45) is 0 Å². The molecule has 4 N–H and O–H groups in total. The highest BCUT2D eigenvalue weighted by Gasteiger charge is 2.21. The largest absolute Gasteiger partial charge is 0.394 e. The van der Waals surface area contributed by atoms with E-state index in [-0.39, 0.29) is 18.9 Å². The highest BCUT2D eigenvalue weighted by molar-refractivity contribution is 5.76. The normalized spacial score (nSPS) is 13.8. The first-order valence-electron chi connectivity index (χ1n) is 20.0. The molecule has 0 saturated carbocycles. The highest BCUT2D eigenvalue weighted by Crippen LogP contribution is 2.15. The molecule has 1 amide bonds. The molecule has 0 bridgehead atoms. The minimum atomic E-state index is -0.747. The van der Waals surface area contributed by atoms with Crippen LogP contribution < -0.4 is 5.32 Å². The zero-order valence-electron chi connectivity index (χ0n) is 30.3. The molecule has 0 spiro atoms. The van der Waals surface area contributed by atoms with Crippen LogP contribution in [0.3, 0.4) is 0 Å². The van der Waals surface area contributed by atoms with Gasteiger partial charge in [0.2, 0.25) is 5.91 Å². The van der Waals surface area contributed by atoms with E-state index in [0.29, 0.717) is 12.8 Å². The van der Waals surface area contributed by atoms with Gasteiger partial charge in [-0.2, -0.15) is 0 Å². The Hall–Kier alpha value is -0.910. The average Bonchev–Trinajstić information content (AvgIpc) is 3.03. The van der Waals surface area contributed by atoms with Crippen LogP contribution in [0.25, 0.3) is 0 Å². The summed E-state index contributed by atoms with van der Waals surface area (Å²) in [4.78, 5) is 12.4. The summed E-state index contributed by atoms with van der Waals surface area (Å²) < 4.78 is 0. The van der Waals surface area contributed by atoms with Crippen LogP contribution in [0.2, 0.25) is 0 Å². The Bertz CT molecular complexity index is 625. The van der Waals surface area contributed by atoms with Gasteiger partial charge in [-0.15, -0.1) is 0 Å². The van der Waals surface area contributed by atoms with Crippen molar-refractivity contribution < 1.29 is 20.1 Å². The number of unbranched alkanes of at least 4 members (excludes halogenated alkanes) is 25. The van der Waals surface area contributed by atoms with Gasteiger partial charge in [0, 0.05) is 0 Å². The monoisotopic (exact) mass is 638 g/mol. The second-order valence-corrected chi connectivity index (χ2v) is 13.9. The van der Waals surface area contributed by atoms with Crippen LogP contribution in [0.15, 0.2) is 12.2 Å². The topological polar surface area (TPSA) is 89.8 Å². The van der Waals surface area contributed by atoms with Crippen molar-refractivity contribution in [2.75, 3.05) is 6.61 Å². The minimum Gasteiger partial charge on any atom is -0.394 e. The molecular formula is C40H79NO4. The van der Waals surface area contributed by atoms with Crippen LogP contribution in [0, 0.1) is 0 Å². The fourth-order valence-electron chi connectivity index (χ4n) is 6.22. The van der Waals surface area contributed by atoms with Crippen LogP contribution in [0.4, 0.5) is 0 Å². The number of hydrogen-bond acceptors (Lipinski definition) is 4. The molecule has 5 heteroatoms. The molecule has 0 aromatic heterocycles. The molecule has 0 rings (SSSR count). The Morgan fingerprint density at radius 2 is 0.889 bits per heavy atom. The van der Waals surface area contributed by atoms with Gasteiger partial charge in [-0.05, 0) is 38.5 Å². The number of aliphatic hydroxyl groups excluding tert-OH is 3. The van der Waals surface area contributed by atoms with Crippen LogP contribution in [0.5, 0.6) is 0 Å². The van der Waals surface area contributed by atoms with E-state index >= 15 is 0 Å². The van der Waals surface area contributed by atoms with Crippen molar-refractivity contribution in [2.45, 2.75) is 231 Å². The van der Waals surface area contributed by atoms with E-state index in [2.05, 4.69) is 31.3 Å². The third-order valence-corrected chi connectivity index (χ3v) is 9.33. The van der Waals surface area contributed by atoms with Crippen LogP contribution in [0.1, 0.15) is 213 Å². The molecule has 0 saturated heterocycles. The number of nitrogens with one attached hydrogen (secondary N) is 1. The second kappa shape index (κ2) is 35.9. The van der Waals surface area contributed by atoms with E-state index in [1.165, 1.54) is 148 Å². The van der Waals surface area contributed by atoms with E-state index in [0.717, 1.165) is 32.1 Å². The summed E-state index contributed by atoms with van der Waals surface area (Å²) in [5.74, 6) is -0.287. The summed E-state index contributed by atoms with van der Waals surface area (Å²) >= 11 is 0. The molecule has 5 nitrogen and oxygen atoms in total. The van der Waals surface area contributed by atoms with Crippen LogP contribution in [-0.4, -0.2) is 46.1 Å². The van der Waals surface area contributed by atoms with Crippen molar-refractivity contribution in [3.8, 4) is 0 Å². The van der Waals surface area contributed by atoms with Gasteiger partial charge in [0.05, 0.1) is 31.3 Å². The molecule has 268 valence electrons. The molecule has 3 atom stereocenters. The molecule has 0 aromatic carbocycles. The quantitative estimate of drug-likeness (QED) is 0.0406. The Kier molecular flexibility index (Phi) is 35.2.